The second kappa shape index (κ2) is 5.00. The number of fused-ring (bicyclic) bond motifs is 1. The Balaban J connectivity index is 1.96. The summed E-state index contributed by atoms with van der Waals surface area (Å²) >= 11 is 0. The zero-order valence-corrected chi connectivity index (χ0v) is 11.5. The van der Waals surface area contributed by atoms with Crippen LogP contribution >= 0.6 is 0 Å². The van der Waals surface area contributed by atoms with Crippen LogP contribution in [0.2, 0.25) is 0 Å². The first-order valence-corrected chi connectivity index (χ1v) is 6.94. The number of aromatic nitrogens is 2. The van der Waals surface area contributed by atoms with Crippen molar-refractivity contribution in [1.82, 2.24) is 10.2 Å². The molecule has 5 heteroatoms. The smallest absolute Gasteiger partial charge is 0.278 e. The van der Waals surface area contributed by atoms with Gasteiger partial charge in [-0.3, -0.25) is 9.89 Å². The zero-order chi connectivity index (χ0) is 14.1. The number of anilines is 2. The van der Waals surface area contributed by atoms with Gasteiger partial charge in [-0.2, -0.15) is 5.10 Å². The number of nitrogen functional groups attached to an aromatic ring is 1. The molecule has 3 rings (SSSR count). The van der Waals surface area contributed by atoms with Crippen LogP contribution in [-0.2, 0) is 12.8 Å². The lowest BCUT2D eigenvalue weighted by molar-refractivity contribution is 0.0980. The SMILES string of the molecule is CCc1cc(C(=O)N2CCCc3c(N)cccc32)n[nH]1. The number of aryl methyl sites for hydroxylation is 1. The number of nitrogens with zero attached hydrogens (tertiary/aromatic N) is 2. The van der Waals surface area contributed by atoms with E-state index >= 15 is 0 Å². The Kier molecular flexibility index (Phi) is 3.18. The summed E-state index contributed by atoms with van der Waals surface area (Å²) in [5.74, 6) is -0.0625. The van der Waals surface area contributed by atoms with Crippen LogP contribution in [0.1, 0.15) is 35.1 Å². The molecule has 0 spiro atoms. The molecule has 5 nitrogen and oxygen atoms in total. The molecule has 3 N–H and O–H groups in total. The lowest BCUT2D eigenvalue weighted by Gasteiger charge is -2.29. The number of H-pyrrole nitrogens is 1. The second-order valence-corrected chi connectivity index (χ2v) is 5.04. The Bertz CT molecular complexity index is 647. The first-order valence-electron chi connectivity index (χ1n) is 6.94. The Hall–Kier alpha value is -2.30. The van der Waals surface area contributed by atoms with E-state index in [4.69, 9.17) is 5.73 Å². The molecular weight excluding hydrogens is 252 g/mol. The Morgan fingerprint density at radius 2 is 2.35 bits per heavy atom. The third-order valence-corrected chi connectivity index (χ3v) is 3.76. The minimum atomic E-state index is -0.0625. The third-order valence-electron chi connectivity index (χ3n) is 3.76. The summed E-state index contributed by atoms with van der Waals surface area (Å²) in [6.45, 7) is 2.74. The number of nitrogens with one attached hydrogen (secondary N) is 1. The molecule has 2 aromatic rings. The summed E-state index contributed by atoms with van der Waals surface area (Å²) in [7, 11) is 0. The van der Waals surface area contributed by atoms with Crippen LogP contribution in [0.3, 0.4) is 0 Å². The fourth-order valence-corrected chi connectivity index (χ4v) is 2.65. The molecule has 1 aromatic carbocycles. The van der Waals surface area contributed by atoms with Crippen molar-refractivity contribution in [3.05, 3.63) is 41.2 Å². The van der Waals surface area contributed by atoms with Gasteiger partial charge in [-0.25, -0.2) is 0 Å². The molecule has 0 unspecified atom stereocenters. The molecular formula is C15H18N4O. The predicted molar refractivity (Wildman–Crippen MR) is 78.8 cm³/mol. The summed E-state index contributed by atoms with van der Waals surface area (Å²) in [6.07, 6.45) is 2.69. The van der Waals surface area contributed by atoms with Gasteiger partial charge in [-0.15, -0.1) is 0 Å². The lowest BCUT2D eigenvalue weighted by atomic mass is 9.99. The molecule has 1 amide bonds. The monoisotopic (exact) mass is 270 g/mol. The molecule has 1 aliphatic rings. The maximum atomic E-state index is 12.6. The molecule has 0 fully saturated rings. The molecule has 1 aliphatic heterocycles. The molecule has 0 saturated heterocycles. The van der Waals surface area contributed by atoms with Gasteiger partial charge in [0.15, 0.2) is 5.69 Å². The number of amides is 1. The molecule has 0 atom stereocenters. The van der Waals surface area contributed by atoms with E-state index in [0.29, 0.717) is 12.2 Å². The highest BCUT2D eigenvalue weighted by Gasteiger charge is 2.26. The van der Waals surface area contributed by atoms with E-state index in [1.54, 1.807) is 4.90 Å². The van der Waals surface area contributed by atoms with Crippen LogP contribution < -0.4 is 10.6 Å². The van der Waals surface area contributed by atoms with E-state index in [0.717, 1.165) is 41.9 Å². The summed E-state index contributed by atoms with van der Waals surface area (Å²) in [4.78, 5) is 14.4. The molecule has 0 bridgehead atoms. The first kappa shape index (κ1) is 12.7. The summed E-state index contributed by atoms with van der Waals surface area (Å²) in [6, 6.07) is 7.55. The number of carbonyl (C=O) groups excluding carboxylic acids is 1. The molecule has 0 saturated carbocycles. The number of aromatic amines is 1. The van der Waals surface area contributed by atoms with Crippen LogP contribution in [0, 0.1) is 0 Å². The van der Waals surface area contributed by atoms with Crippen molar-refractivity contribution in [2.24, 2.45) is 0 Å². The van der Waals surface area contributed by atoms with E-state index < -0.39 is 0 Å². The van der Waals surface area contributed by atoms with Crippen molar-refractivity contribution in [1.29, 1.82) is 0 Å². The highest BCUT2D eigenvalue weighted by Crippen LogP contribution is 2.32. The minimum absolute atomic E-state index is 0.0625. The van der Waals surface area contributed by atoms with Gasteiger partial charge in [0.25, 0.3) is 5.91 Å². The number of hydrogen-bond donors (Lipinski definition) is 2. The highest BCUT2D eigenvalue weighted by atomic mass is 16.2. The van der Waals surface area contributed by atoms with Crippen molar-refractivity contribution in [3.8, 4) is 0 Å². The summed E-state index contributed by atoms with van der Waals surface area (Å²) in [5, 5.41) is 7.00. The van der Waals surface area contributed by atoms with E-state index in [-0.39, 0.29) is 5.91 Å². The maximum absolute atomic E-state index is 12.6. The predicted octanol–water partition coefficient (Wildman–Crippen LogP) is 2.15. The van der Waals surface area contributed by atoms with Crippen molar-refractivity contribution in [2.45, 2.75) is 26.2 Å². The van der Waals surface area contributed by atoms with E-state index in [1.807, 2.05) is 31.2 Å². The first-order chi connectivity index (χ1) is 9.70. The number of rotatable bonds is 2. The van der Waals surface area contributed by atoms with Crippen LogP contribution in [-0.4, -0.2) is 22.6 Å². The maximum Gasteiger partial charge on any atom is 0.278 e. The lowest BCUT2D eigenvalue weighted by Crippen LogP contribution is -2.36. The molecule has 0 aliphatic carbocycles. The Morgan fingerprint density at radius 3 is 3.10 bits per heavy atom. The van der Waals surface area contributed by atoms with Gasteiger partial charge in [0.1, 0.15) is 0 Å². The van der Waals surface area contributed by atoms with Crippen LogP contribution in [0.15, 0.2) is 24.3 Å². The largest absolute Gasteiger partial charge is 0.398 e. The van der Waals surface area contributed by atoms with E-state index in [9.17, 15) is 4.79 Å². The topological polar surface area (TPSA) is 75.0 Å². The van der Waals surface area contributed by atoms with Crippen molar-refractivity contribution >= 4 is 17.3 Å². The van der Waals surface area contributed by atoms with Crippen LogP contribution in [0.4, 0.5) is 11.4 Å². The summed E-state index contributed by atoms with van der Waals surface area (Å²) in [5.41, 5.74) is 10.2. The number of nitrogens with two attached hydrogens (primary N) is 1. The van der Waals surface area contributed by atoms with Gasteiger partial charge in [0, 0.05) is 23.6 Å². The van der Waals surface area contributed by atoms with Gasteiger partial charge in [0.2, 0.25) is 0 Å². The third kappa shape index (κ3) is 2.05. The fourth-order valence-electron chi connectivity index (χ4n) is 2.65. The van der Waals surface area contributed by atoms with Crippen LogP contribution in [0.25, 0.3) is 0 Å². The van der Waals surface area contributed by atoms with Gasteiger partial charge in [-0.05, 0) is 43.0 Å². The van der Waals surface area contributed by atoms with Gasteiger partial charge in [-0.1, -0.05) is 13.0 Å². The second-order valence-electron chi connectivity index (χ2n) is 5.04. The molecule has 1 aromatic heterocycles. The fraction of sp³-hybridized carbons (Fsp3) is 0.333. The average Bonchev–Trinajstić information content (AvgIpc) is 2.95. The molecule has 2 heterocycles. The molecule has 104 valence electrons. The van der Waals surface area contributed by atoms with E-state index in [1.165, 1.54) is 0 Å². The zero-order valence-electron chi connectivity index (χ0n) is 11.5. The van der Waals surface area contributed by atoms with Gasteiger partial charge in [0.05, 0.1) is 0 Å². The molecule has 20 heavy (non-hydrogen) atoms. The number of benzene rings is 1. The standard InChI is InChI=1S/C15H18N4O/c1-2-10-9-13(18-17-10)15(20)19-8-4-5-11-12(16)6-3-7-14(11)19/h3,6-7,9H,2,4-5,8,16H2,1H3,(H,17,18). The van der Waals surface area contributed by atoms with E-state index in [2.05, 4.69) is 10.2 Å². The van der Waals surface area contributed by atoms with Gasteiger partial charge < -0.3 is 10.6 Å². The highest BCUT2D eigenvalue weighted by molar-refractivity contribution is 6.05. The normalized spacial score (nSPS) is 14.2. The van der Waals surface area contributed by atoms with Gasteiger partial charge >= 0.3 is 0 Å². The van der Waals surface area contributed by atoms with Crippen LogP contribution in [0.5, 0.6) is 0 Å². The average molecular weight is 270 g/mol. The Morgan fingerprint density at radius 1 is 1.50 bits per heavy atom. The minimum Gasteiger partial charge on any atom is -0.398 e. The van der Waals surface area contributed by atoms with Crippen molar-refractivity contribution in [3.63, 3.8) is 0 Å². The van der Waals surface area contributed by atoms with Crippen molar-refractivity contribution in [2.75, 3.05) is 17.2 Å². The summed E-state index contributed by atoms with van der Waals surface area (Å²) < 4.78 is 0. The van der Waals surface area contributed by atoms with Crippen molar-refractivity contribution < 1.29 is 4.79 Å². The quantitative estimate of drug-likeness (QED) is 0.821. The Labute approximate surface area is 117 Å². The number of carbonyl (C=O) groups is 1. The number of hydrogen-bond acceptors (Lipinski definition) is 3. The molecule has 0 radical (unpaired) electrons.